The third kappa shape index (κ3) is 4.29. The zero-order valence-electron chi connectivity index (χ0n) is 13.7. The molecule has 2 aliphatic rings. The van der Waals surface area contributed by atoms with Gasteiger partial charge in [0.15, 0.2) is 11.5 Å². The van der Waals surface area contributed by atoms with Crippen LogP contribution in [-0.2, 0) is 9.53 Å². The van der Waals surface area contributed by atoms with Crippen LogP contribution in [0.15, 0.2) is 17.0 Å². The summed E-state index contributed by atoms with van der Waals surface area (Å²) in [5, 5.41) is 10.0. The first kappa shape index (κ1) is 18.9. The molecule has 2 fully saturated rings. The summed E-state index contributed by atoms with van der Waals surface area (Å²) in [5.74, 6) is 0.438. The average molecular weight is 491 g/mol. The predicted octanol–water partition coefficient (Wildman–Crippen LogP) is 3.78. The molecule has 1 N–H and O–H groups in total. The van der Waals surface area contributed by atoms with Gasteiger partial charge in [-0.1, -0.05) is 24.0 Å². The van der Waals surface area contributed by atoms with Crippen molar-refractivity contribution in [3.8, 4) is 11.5 Å². The number of carbonyl (C=O) groups is 1. The Balaban J connectivity index is 1.81. The molecule has 1 aromatic rings. The van der Waals surface area contributed by atoms with Gasteiger partial charge in [-0.25, -0.2) is 0 Å². The largest absolute Gasteiger partial charge is 0.504 e. The van der Waals surface area contributed by atoms with E-state index in [0.717, 1.165) is 25.0 Å². The summed E-state index contributed by atoms with van der Waals surface area (Å²) in [6.45, 7) is 3.58. The number of carbonyl (C=O) groups excluding carboxylic acids is 1. The van der Waals surface area contributed by atoms with Crippen molar-refractivity contribution >= 4 is 62.9 Å². The Hall–Kier alpha value is -0.840. The van der Waals surface area contributed by atoms with E-state index < -0.39 is 0 Å². The first-order chi connectivity index (χ1) is 12.0. The van der Waals surface area contributed by atoms with E-state index in [4.69, 9.17) is 21.7 Å². The third-order valence-corrected chi connectivity index (χ3v) is 6.13. The SMILES string of the molecule is CCOc1cc(C=C2SC(=S)N(CC3CCCO3)C2=O)cc(I)c1O. The van der Waals surface area contributed by atoms with E-state index in [2.05, 4.69) is 0 Å². The van der Waals surface area contributed by atoms with Gasteiger partial charge in [-0.15, -0.1) is 0 Å². The molecule has 1 atom stereocenters. The van der Waals surface area contributed by atoms with E-state index >= 15 is 0 Å². The van der Waals surface area contributed by atoms with Gasteiger partial charge in [0.1, 0.15) is 4.32 Å². The third-order valence-electron chi connectivity index (χ3n) is 3.93. The maximum atomic E-state index is 12.7. The highest BCUT2D eigenvalue weighted by molar-refractivity contribution is 14.1. The van der Waals surface area contributed by atoms with Crippen LogP contribution in [0.3, 0.4) is 0 Å². The van der Waals surface area contributed by atoms with Crippen molar-refractivity contribution in [3.63, 3.8) is 0 Å². The second kappa shape index (κ2) is 8.24. The van der Waals surface area contributed by atoms with Crippen molar-refractivity contribution in [2.24, 2.45) is 0 Å². The molecule has 2 saturated heterocycles. The summed E-state index contributed by atoms with van der Waals surface area (Å²) in [6.07, 6.45) is 3.85. The van der Waals surface area contributed by atoms with Crippen molar-refractivity contribution in [1.29, 1.82) is 0 Å². The van der Waals surface area contributed by atoms with E-state index in [1.807, 2.05) is 35.6 Å². The van der Waals surface area contributed by atoms with Gasteiger partial charge in [0.05, 0.1) is 27.7 Å². The van der Waals surface area contributed by atoms with Gasteiger partial charge in [-0.2, -0.15) is 0 Å². The second-order valence-corrected chi connectivity index (χ2v) is 8.55. The summed E-state index contributed by atoms with van der Waals surface area (Å²) in [5.41, 5.74) is 0.795. The molecule has 25 heavy (non-hydrogen) atoms. The molecule has 3 rings (SSSR count). The normalized spacial score (nSPS) is 22.2. The number of nitrogens with zero attached hydrogens (tertiary/aromatic N) is 1. The molecule has 0 aromatic heterocycles. The van der Waals surface area contributed by atoms with E-state index in [9.17, 15) is 9.90 Å². The monoisotopic (exact) mass is 491 g/mol. The molecule has 0 radical (unpaired) electrons. The molecule has 0 saturated carbocycles. The van der Waals surface area contributed by atoms with Crippen molar-refractivity contribution < 1.29 is 19.4 Å². The van der Waals surface area contributed by atoms with Gasteiger partial charge in [-0.3, -0.25) is 9.69 Å². The van der Waals surface area contributed by atoms with Gasteiger partial charge >= 0.3 is 0 Å². The Bertz CT molecular complexity index is 732. The fraction of sp³-hybridized carbons (Fsp3) is 0.412. The number of benzene rings is 1. The maximum Gasteiger partial charge on any atom is 0.266 e. The number of ether oxygens (including phenoxy) is 2. The van der Waals surface area contributed by atoms with Crippen molar-refractivity contribution in [2.75, 3.05) is 19.8 Å². The minimum Gasteiger partial charge on any atom is -0.504 e. The molecule has 1 unspecified atom stereocenters. The molecule has 5 nitrogen and oxygen atoms in total. The van der Waals surface area contributed by atoms with Crippen LogP contribution < -0.4 is 4.74 Å². The van der Waals surface area contributed by atoms with Crippen molar-refractivity contribution in [3.05, 3.63) is 26.2 Å². The zero-order valence-corrected chi connectivity index (χ0v) is 17.4. The highest BCUT2D eigenvalue weighted by atomic mass is 127. The molecule has 2 heterocycles. The molecular weight excluding hydrogens is 473 g/mol. The number of thiocarbonyl (C=S) groups is 1. The highest BCUT2D eigenvalue weighted by Crippen LogP contribution is 2.37. The number of phenolic OH excluding ortho intramolecular Hbond substituents is 1. The van der Waals surface area contributed by atoms with Crippen LogP contribution in [-0.4, -0.2) is 46.1 Å². The van der Waals surface area contributed by atoms with Gasteiger partial charge in [0.25, 0.3) is 5.91 Å². The average Bonchev–Trinajstić information content (AvgIpc) is 3.17. The number of hydrogen-bond acceptors (Lipinski definition) is 6. The molecule has 134 valence electrons. The first-order valence-corrected chi connectivity index (χ1v) is 10.3. The standard InChI is InChI=1S/C17H18INO4S2/c1-2-22-13-7-10(6-12(18)15(13)20)8-14-16(21)19(17(24)25-14)9-11-4-3-5-23-11/h6-8,11,20H,2-5,9H2,1H3. The number of amides is 1. The first-order valence-electron chi connectivity index (χ1n) is 8.02. The van der Waals surface area contributed by atoms with Gasteiger partial charge in [0.2, 0.25) is 0 Å². The molecule has 1 aromatic carbocycles. The summed E-state index contributed by atoms with van der Waals surface area (Å²) in [6, 6.07) is 3.54. The minimum absolute atomic E-state index is 0.0704. The van der Waals surface area contributed by atoms with Crippen molar-refractivity contribution in [1.82, 2.24) is 4.90 Å². The van der Waals surface area contributed by atoms with Crippen LogP contribution in [0.25, 0.3) is 6.08 Å². The second-order valence-electron chi connectivity index (χ2n) is 5.71. The Morgan fingerprint density at radius 2 is 2.36 bits per heavy atom. The smallest absolute Gasteiger partial charge is 0.266 e. The number of halogens is 1. The quantitative estimate of drug-likeness (QED) is 0.385. The topological polar surface area (TPSA) is 59.0 Å². The van der Waals surface area contributed by atoms with E-state index in [-0.39, 0.29) is 17.8 Å². The van der Waals surface area contributed by atoms with E-state index in [0.29, 0.717) is 31.7 Å². The van der Waals surface area contributed by atoms with E-state index in [1.54, 1.807) is 17.0 Å². The maximum absolute atomic E-state index is 12.7. The van der Waals surface area contributed by atoms with Crippen LogP contribution in [0.2, 0.25) is 0 Å². The lowest BCUT2D eigenvalue weighted by Gasteiger charge is -2.18. The highest BCUT2D eigenvalue weighted by Gasteiger charge is 2.34. The summed E-state index contributed by atoms with van der Waals surface area (Å²) in [4.78, 5) is 14.9. The molecule has 2 aliphatic heterocycles. The zero-order chi connectivity index (χ0) is 18.0. The lowest BCUT2D eigenvalue weighted by molar-refractivity contribution is -0.123. The van der Waals surface area contributed by atoms with Crippen LogP contribution in [0.1, 0.15) is 25.3 Å². The van der Waals surface area contributed by atoms with Crippen molar-refractivity contribution in [2.45, 2.75) is 25.9 Å². The predicted molar refractivity (Wildman–Crippen MR) is 111 cm³/mol. The molecule has 1 amide bonds. The lowest BCUT2D eigenvalue weighted by Crippen LogP contribution is -2.35. The molecule has 0 bridgehead atoms. The molecule has 0 spiro atoms. The fourth-order valence-corrected chi connectivity index (χ4v) is 4.64. The number of hydrogen-bond donors (Lipinski definition) is 1. The molecular formula is C17H18INO4S2. The Morgan fingerprint density at radius 1 is 1.56 bits per heavy atom. The molecule has 0 aliphatic carbocycles. The fourth-order valence-electron chi connectivity index (χ4n) is 2.74. The summed E-state index contributed by atoms with van der Waals surface area (Å²) >= 11 is 8.71. The Labute approximate surface area is 169 Å². The minimum atomic E-state index is -0.0912. The number of phenols is 1. The Morgan fingerprint density at radius 3 is 3.04 bits per heavy atom. The lowest BCUT2D eigenvalue weighted by atomic mass is 10.2. The van der Waals surface area contributed by atoms with Gasteiger partial charge in [-0.05, 0) is 66.1 Å². The van der Waals surface area contributed by atoms with Crippen LogP contribution >= 0.6 is 46.6 Å². The Kier molecular flexibility index (Phi) is 6.24. The van der Waals surface area contributed by atoms with Crippen LogP contribution in [0.5, 0.6) is 11.5 Å². The van der Waals surface area contributed by atoms with Crippen LogP contribution in [0.4, 0.5) is 0 Å². The summed E-state index contributed by atoms with van der Waals surface area (Å²) < 4.78 is 12.3. The van der Waals surface area contributed by atoms with Crippen LogP contribution in [0, 0.1) is 3.57 Å². The number of aromatic hydroxyl groups is 1. The number of rotatable bonds is 5. The van der Waals surface area contributed by atoms with Gasteiger partial charge < -0.3 is 14.6 Å². The van der Waals surface area contributed by atoms with Gasteiger partial charge in [0, 0.05) is 6.61 Å². The summed E-state index contributed by atoms with van der Waals surface area (Å²) in [7, 11) is 0. The number of thioether (sulfide) groups is 1. The molecule has 8 heteroatoms. The van der Waals surface area contributed by atoms with E-state index in [1.165, 1.54) is 11.8 Å².